The van der Waals surface area contributed by atoms with Gasteiger partial charge in [-0.1, -0.05) is 72.8 Å². The Balaban J connectivity index is 1.95. The summed E-state index contributed by atoms with van der Waals surface area (Å²) in [4.78, 5) is 11.8. The second-order valence-electron chi connectivity index (χ2n) is 5.05. The monoisotopic (exact) mass is 260 g/mol. The average Bonchev–Trinajstić information content (AvgIpc) is 2.81. The van der Waals surface area contributed by atoms with E-state index >= 15 is 0 Å². The van der Waals surface area contributed by atoms with Crippen molar-refractivity contribution in [1.82, 2.24) is 0 Å². The van der Waals surface area contributed by atoms with E-state index in [2.05, 4.69) is 36.4 Å². The predicted octanol–water partition coefficient (Wildman–Crippen LogP) is 4.52. The van der Waals surface area contributed by atoms with Crippen LogP contribution in [0.3, 0.4) is 0 Å². The van der Waals surface area contributed by atoms with Crippen LogP contribution in [-0.2, 0) is 4.79 Å². The Bertz CT molecular complexity index is 604. The van der Waals surface area contributed by atoms with Gasteiger partial charge in [-0.2, -0.15) is 0 Å². The summed E-state index contributed by atoms with van der Waals surface area (Å²) in [7, 11) is 0. The molecule has 0 bridgehead atoms. The summed E-state index contributed by atoms with van der Waals surface area (Å²) in [5.74, 6) is 0.300. The van der Waals surface area contributed by atoms with Crippen LogP contribution in [0.25, 0.3) is 12.2 Å². The molecule has 1 nitrogen and oxygen atoms in total. The summed E-state index contributed by atoms with van der Waals surface area (Å²) >= 11 is 0. The molecule has 98 valence electrons. The first-order valence-electron chi connectivity index (χ1n) is 6.84. The largest absolute Gasteiger partial charge is 0.299 e. The normalized spacial score (nSPS) is 18.9. The van der Waals surface area contributed by atoms with Gasteiger partial charge in [-0.25, -0.2) is 0 Å². The van der Waals surface area contributed by atoms with Crippen LogP contribution in [0.15, 0.2) is 71.8 Å². The molecule has 0 N–H and O–H groups in total. The third-order valence-corrected chi connectivity index (χ3v) is 3.47. The fraction of sp³-hybridized carbons (Fsp3) is 0.105. The van der Waals surface area contributed by atoms with Crippen LogP contribution in [0.4, 0.5) is 0 Å². The van der Waals surface area contributed by atoms with E-state index in [0.29, 0.717) is 18.6 Å². The second kappa shape index (κ2) is 5.70. The minimum atomic E-state index is 0.300. The molecule has 1 saturated carbocycles. The quantitative estimate of drug-likeness (QED) is 0.776. The van der Waals surface area contributed by atoms with E-state index in [-0.39, 0.29) is 0 Å². The van der Waals surface area contributed by atoms with Gasteiger partial charge in [0.2, 0.25) is 0 Å². The second-order valence-corrected chi connectivity index (χ2v) is 5.05. The van der Waals surface area contributed by atoms with E-state index in [1.807, 2.05) is 36.4 Å². The van der Waals surface area contributed by atoms with Crippen LogP contribution in [0.1, 0.15) is 24.0 Å². The molecular formula is C19H16O. The minimum Gasteiger partial charge on any atom is -0.299 e. The third kappa shape index (κ3) is 2.94. The first kappa shape index (κ1) is 12.6. The molecule has 1 heteroatoms. The van der Waals surface area contributed by atoms with Crippen molar-refractivity contribution in [1.29, 1.82) is 0 Å². The molecule has 0 aliphatic heterocycles. The molecule has 0 aromatic heterocycles. The van der Waals surface area contributed by atoms with Crippen LogP contribution in [-0.4, -0.2) is 5.78 Å². The van der Waals surface area contributed by atoms with Crippen molar-refractivity contribution in [3.8, 4) is 0 Å². The molecule has 3 rings (SSSR count). The Morgan fingerprint density at radius 1 is 0.650 bits per heavy atom. The molecular weight excluding hydrogens is 244 g/mol. The number of carbonyl (C=O) groups excluding carboxylic acids is 1. The van der Waals surface area contributed by atoms with Crippen LogP contribution in [0.2, 0.25) is 0 Å². The number of ketones is 1. The lowest BCUT2D eigenvalue weighted by Gasteiger charge is -2.01. The van der Waals surface area contributed by atoms with Gasteiger partial charge in [0.05, 0.1) is 0 Å². The Kier molecular flexibility index (Phi) is 3.60. The van der Waals surface area contributed by atoms with Crippen molar-refractivity contribution in [3.63, 3.8) is 0 Å². The zero-order valence-electron chi connectivity index (χ0n) is 11.3. The van der Waals surface area contributed by atoms with Crippen molar-refractivity contribution < 1.29 is 4.79 Å². The number of rotatable bonds is 2. The van der Waals surface area contributed by atoms with E-state index in [1.54, 1.807) is 0 Å². The average molecular weight is 260 g/mol. The van der Waals surface area contributed by atoms with Crippen LogP contribution >= 0.6 is 0 Å². The summed E-state index contributed by atoms with van der Waals surface area (Å²) in [6, 6.07) is 20.3. The molecule has 2 aromatic carbocycles. The van der Waals surface area contributed by atoms with Gasteiger partial charge in [0, 0.05) is 12.8 Å². The topological polar surface area (TPSA) is 17.1 Å². The minimum absolute atomic E-state index is 0.300. The molecule has 0 heterocycles. The number of Topliss-reactive ketones (excluding diaryl/α,β-unsaturated/α-hetero) is 1. The summed E-state index contributed by atoms with van der Waals surface area (Å²) in [5, 5.41) is 0. The van der Waals surface area contributed by atoms with Crippen LogP contribution < -0.4 is 0 Å². The van der Waals surface area contributed by atoms with Crippen molar-refractivity contribution >= 4 is 17.9 Å². The first-order valence-corrected chi connectivity index (χ1v) is 6.84. The number of hydrogen-bond donors (Lipinski definition) is 0. The maximum absolute atomic E-state index is 11.8. The van der Waals surface area contributed by atoms with Gasteiger partial charge in [-0.3, -0.25) is 4.79 Å². The molecule has 1 aliphatic carbocycles. The molecule has 0 amide bonds. The highest BCUT2D eigenvalue weighted by Crippen LogP contribution is 2.31. The fourth-order valence-electron chi connectivity index (χ4n) is 2.50. The predicted molar refractivity (Wildman–Crippen MR) is 83.1 cm³/mol. The van der Waals surface area contributed by atoms with Gasteiger partial charge < -0.3 is 0 Å². The van der Waals surface area contributed by atoms with Gasteiger partial charge in [0.15, 0.2) is 0 Å². The third-order valence-electron chi connectivity index (χ3n) is 3.47. The number of carbonyl (C=O) groups is 1. The lowest BCUT2D eigenvalue weighted by Crippen LogP contribution is -1.83. The summed E-state index contributed by atoms with van der Waals surface area (Å²) in [5.41, 5.74) is 4.59. The van der Waals surface area contributed by atoms with Crippen molar-refractivity contribution in [2.45, 2.75) is 12.8 Å². The Morgan fingerprint density at radius 2 is 1.05 bits per heavy atom. The van der Waals surface area contributed by atoms with Gasteiger partial charge in [-0.05, 0) is 22.3 Å². The van der Waals surface area contributed by atoms with Crippen molar-refractivity contribution in [2.24, 2.45) is 0 Å². The lowest BCUT2D eigenvalue weighted by atomic mass is 10.0. The highest BCUT2D eigenvalue weighted by molar-refractivity contribution is 5.94. The maximum atomic E-state index is 11.8. The summed E-state index contributed by atoms with van der Waals surface area (Å²) in [6.45, 7) is 0. The molecule has 0 radical (unpaired) electrons. The Hall–Kier alpha value is -2.41. The van der Waals surface area contributed by atoms with E-state index in [9.17, 15) is 4.79 Å². The van der Waals surface area contributed by atoms with Crippen molar-refractivity contribution in [2.75, 3.05) is 0 Å². The first-order chi connectivity index (χ1) is 9.81. The van der Waals surface area contributed by atoms with Crippen LogP contribution in [0.5, 0.6) is 0 Å². The zero-order chi connectivity index (χ0) is 13.8. The summed E-state index contributed by atoms with van der Waals surface area (Å²) < 4.78 is 0. The van der Waals surface area contributed by atoms with E-state index in [1.165, 1.54) is 0 Å². The molecule has 1 fully saturated rings. The highest BCUT2D eigenvalue weighted by atomic mass is 16.1. The fourth-order valence-corrected chi connectivity index (χ4v) is 2.50. The molecule has 2 aromatic rings. The Labute approximate surface area is 119 Å². The van der Waals surface area contributed by atoms with Gasteiger partial charge >= 0.3 is 0 Å². The van der Waals surface area contributed by atoms with E-state index < -0.39 is 0 Å². The van der Waals surface area contributed by atoms with Crippen molar-refractivity contribution in [3.05, 3.63) is 82.9 Å². The lowest BCUT2D eigenvalue weighted by molar-refractivity contribution is -0.116. The Morgan fingerprint density at radius 3 is 1.45 bits per heavy atom. The molecule has 0 spiro atoms. The number of benzene rings is 2. The van der Waals surface area contributed by atoms with E-state index in [4.69, 9.17) is 0 Å². The molecule has 0 atom stereocenters. The standard InChI is InChI=1S/C19H16O/c20-19-13-17(11-15-7-3-1-4-8-15)18(14-19)12-16-9-5-2-6-10-16/h1-12H,13-14H2/b17-11-,18-12+. The smallest absolute Gasteiger partial charge is 0.141 e. The molecule has 0 saturated heterocycles. The maximum Gasteiger partial charge on any atom is 0.141 e. The molecule has 0 unspecified atom stereocenters. The highest BCUT2D eigenvalue weighted by Gasteiger charge is 2.21. The summed E-state index contributed by atoms with van der Waals surface area (Å²) in [6.07, 6.45) is 5.35. The van der Waals surface area contributed by atoms with Gasteiger partial charge in [-0.15, -0.1) is 0 Å². The van der Waals surface area contributed by atoms with Gasteiger partial charge in [0.25, 0.3) is 0 Å². The van der Waals surface area contributed by atoms with Gasteiger partial charge in [0.1, 0.15) is 5.78 Å². The number of allylic oxidation sites excluding steroid dienone is 2. The van der Waals surface area contributed by atoms with E-state index in [0.717, 1.165) is 22.3 Å². The SMILES string of the molecule is O=C1CC(=C/c2ccccc2)/C(=C/c2ccccc2)C1. The number of hydrogen-bond acceptors (Lipinski definition) is 1. The molecule has 20 heavy (non-hydrogen) atoms. The van der Waals surface area contributed by atoms with Crippen LogP contribution in [0, 0.1) is 0 Å². The molecule has 1 aliphatic rings. The zero-order valence-corrected chi connectivity index (χ0v) is 11.3.